The third kappa shape index (κ3) is 2.28. The van der Waals surface area contributed by atoms with Gasteiger partial charge in [-0.3, -0.25) is 10.1 Å². The molecule has 0 atom stereocenters. The van der Waals surface area contributed by atoms with E-state index >= 15 is 0 Å². The molecule has 0 fully saturated rings. The third-order valence-corrected chi connectivity index (χ3v) is 3.15. The van der Waals surface area contributed by atoms with Crippen LogP contribution in [-0.4, -0.2) is 10.9 Å². The smallest absolute Gasteiger partial charge is 0.260 e. The number of thiazole rings is 1. The SMILES string of the molecule is O=C(Nc1nccs1)c1cccc(Br)c1F. The molecule has 1 heterocycles. The molecule has 82 valence electrons. The van der Waals surface area contributed by atoms with Crippen LogP contribution in [0.4, 0.5) is 9.52 Å². The normalized spacial score (nSPS) is 10.1. The molecule has 1 aromatic heterocycles. The number of carbonyl (C=O) groups is 1. The Balaban J connectivity index is 2.24. The van der Waals surface area contributed by atoms with Gasteiger partial charge in [-0.2, -0.15) is 0 Å². The maximum Gasteiger partial charge on any atom is 0.260 e. The van der Waals surface area contributed by atoms with E-state index < -0.39 is 11.7 Å². The first-order valence-corrected chi connectivity index (χ1v) is 6.00. The molecule has 0 radical (unpaired) electrons. The highest BCUT2D eigenvalue weighted by atomic mass is 79.9. The van der Waals surface area contributed by atoms with Crippen LogP contribution < -0.4 is 5.32 Å². The van der Waals surface area contributed by atoms with E-state index in [1.807, 2.05) is 0 Å². The van der Waals surface area contributed by atoms with E-state index in [4.69, 9.17) is 0 Å². The summed E-state index contributed by atoms with van der Waals surface area (Å²) in [5.74, 6) is -1.08. The van der Waals surface area contributed by atoms with E-state index in [1.54, 1.807) is 17.6 Å². The van der Waals surface area contributed by atoms with Crippen molar-refractivity contribution in [1.82, 2.24) is 4.98 Å². The number of aromatic nitrogens is 1. The Labute approximate surface area is 103 Å². The summed E-state index contributed by atoms with van der Waals surface area (Å²) in [4.78, 5) is 15.6. The van der Waals surface area contributed by atoms with Crippen molar-refractivity contribution >= 4 is 38.3 Å². The maximum atomic E-state index is 13.6. The van der Waals surface area contributed by atoms with E-state index in [0.29, 0.717) is 5.13 Å². The summed E-state index contributed by atoms with van der Waals surface area (Å²) in [6.07, 6.45) is 1.57. The number of halogens is 2. The molecule has 1 N–H and O–H groups in total. The van der Waals surface area contributed by atoms with Crippen LogP contribution in [0.3, 0.4) is 0 Å². The summed E-state index contributed by atoms with van der Waals surface area (Å²) < 4.78 is 13.8. The van der Waals surface area contributed by atoms with Crippen molar-refractivity contribution in [2.75, 3.05) is 5.32 Å². The van der Waals surface area contributed by atoms with Crippen molar-refractivity contribution in [2.45, 2.75) is 0 Å². The number of rotatable bonds is 2. The van der Waals surface area contributed by atoms with Gasteiger partial charge in [0.1, 0.15) is 5.82 Å². The average molecular weight is 301 g/mol. The molecular formula is C10H6BrFN2OS. The van der Waals surface area contributed by atoms with Crippen LogP contribution in [0.25, 0.3) is 0 Å². The predicted octanol–water partition coefficient (Wildman–Crippen LogP) is 3.30. The van der Waals surface area contributed by atoms with E-state index in [-0.39, 0.29) is 10.0 Å². The Bertz CT molecular complexity index is 516. The van der Waals surface area contributed by atoms with Crippen LogP contribution in [0.15, 0.2) is 34.2 Å². The second-order valence-corrected chi connectivity index (χ2v) is 4.64. The molecular weight excluding hydrogens is 295 g/mol. The number of anilines is 1. The molecule has 0 aliphatic rings. The average Bonchev–Trinajstić information content (AvgIpc) is 2.74. The summed E-state index contributed by atoms with van der Waals surface area (Å²) in [5, 5.41) is 4.69. The summed E-state index contributed by atoms with van der Waals surface area (Å²) in [5.41, 5.74) is -0.00965. The van der Waals surface area contributed by atoms with Gasteiger partial charge in [0.05, 0.1) is 10.0 Å². The summed E-state index contributed by atoms with van der Waals surface area (Å²) in [7, 11) is 0. The molecule has 0 aliphatic heterocycles. The molecule has 1 amide bonds. The van der Waals surface area contributed by atoms with Gasteiger partial charge in [0.2, 0.25) is 0 Å². The van der Waals surface area contributed by atoms with Gasteiger partial charge < -0.3 is 0 Å². The Kier molecular flexibility index (Phi) is 3.31. The van der Waals surface area contributed by atoms with Crippen LogP contribution in [0, 0.1) is 5.82 Å². The highest BCUT2D eigenvalue weighted by Crippen LogP contribution is 2.20. The van der Waals surface area contributed by atoms with Crippen molar-refractivity contribution in [3.05, 3.63) is 45.6 Å². The number of hydrogen-bond acceptors (Lipinski definition) is 3. The van der Waals surface area contributed by atoms with E-state index in [1.165, 1.54) is 23.5 Å². The van der Waals surface area contributed by atoms with Gasteiger partial charge in [0, 0.05) is 11.6 Å². The van der Waals surface area contributed by atoms with Crippen LogP contribution in [0.5, 0.6) is 0 Å². The number of carbonyl (C=O) groups excluding carboxylic acids is 1. The zero-order chi connectivity index (χ0) is 11.5. The highest BCUT2D eigenvalue weighted by molar-refractivity contribution is 9.10. The predicted molar refractivity (Wildman–Crippen MR) is 64.2 cm³/mol. The molecule has 0 saturated heterocycles. The number of nitrogens with zero attached hydrogens (tertiary/aromatic N) is 1. The van der Waals surface area contributed by atoms with Gasteiger partial charge in [0.25, 0.3) is 5.91 Å². The molecule has 3 nitrogen and oxygen atoms in total. The van der Waals surface area contributed by atoms with Crippen LogP contribution in [0.2, 0.25) is 0 Å². The van der Waals surface area contributed by atoms with Gasteiger partial charge in [0.15, 0.2) is 5.13 Å². The Hall–Kier alpha value is -1.27. The van der Waals surface area contributed by atoms with Crippen molar-refractivity contribution in [2.24, 2.45) is 0 Å². The lowest BCUT2D eigenvalue weighted by atomic mass is 10.2. The quantitative estimate of drug-likeness (QED) is 0.924. The molecule has 16 heavy (non-hydrogen) atoms. The lowest BCUT2D eigenvalue weighted by Gasteiger charge is -2.03. The number of nitrogens with one attached hydrogen (secondary N) is 1. The lowest BCUT2D eigenvalue weighted by Crippen LogP contribution is -2.13. The van der Waals surface area contributed by atoms with Gasteiger partial charge in [-0.15, -0.1) is 11.3 Å². The molecule has 0 saturated carbocycles. The number of amides is 1. The first-order chi connectivity index (χ1) is 7.68. The second-order valence-electron chi connectivity index (χ2n) is 2.89. The molecule has 0 aliphatic carbocycles. The standard InChI is InChI=1S/C10H6BrFN2OS/c11-7-3-1-2-6(8(7)12)9(15)14-10-13-4-5-16-10/h1-5H,(H,13,14,15). The largest absolute Gasteiger partial charge is 0.298 e. The van der Waals surface area contributed by atoms with E-state index in [2.05, 4.69) is 26.2 Å². The minimum atomic E-state index is -0.573. The molecule has 6 heteroatoms. The Morgan fingerprint density at radius 1 is 1.50 bits per heavy atom. The van der Waals surface area contributed by atoms with Gasteiger partial charge in [-0.1, -0.05) is 6.07 Å². The Morgan fingerprint density at radius 2 is 2.31 bits per heavy atom. The summed E-state index contributed by atoms with van der Waals surface area (Å²) >= 11 is 4.30. The van der Waals surface area contributed by atoms with Crippen molar-refractivity contribution < 1.29 is 9.18 Å². The fraction of sp³-hybridized carbons (Fsp3) is 0. The summed E-state index contributed by atoms with van der Waals surface area (Å²) in [6.45, 7) is 0. The monoisotopic (exact) mass is 300 g/mol. The van der Waals surface area contributed by atoms with Gasteiger partial charge >= 0.3 is 0 Å². The number of hydrogen-bond donors (Lipinski definition) is 1. The van der Waals surface area contributed by atoms with Crippen molar-refractivity contribution in [3.8, 4) is 0 Å². The molecule has 2 aromatic rings. The molecule has 0 bridgehead atoms. The topological polar surface area (TPSA) is 42.0 Å². The van der Waals surface area contributed by atoms with E-state index in [9.17, 15) is 9.18 Å². The van der Waals surface area contributed by atoms with Gasteiger partial charge in [-0.25, -0.2) is 9.37 Å². The third-order valence-electron chi connectivity index (χ3n) is 1.85. The minimum Gasteiger partial charge on any atom is -0.298 e. The first-order valence-electron chi connectivity index (χ1n) is 4.33. The lowest BCUT2D eigenvalue weighted by molar-refractivity contribution is 0.102. The van der Waals surface area contributed by atoms with Crippen molar-refractivity contribution in [3.63, 3.8) is 0 Å². The van der Waals surface area contributed by atoms with Crippen LogP contribution in [-0.2, 0) is 0 Å². The second kappa shape index (κ2) is 4.71. The number of benzene rings is 1. The minimum absolute atomic E-state index is 0.00965. The first kappa shape index (κ1) is 11.2. The van der Waals surface area contributed by atoms with Gasteiger partial charge in [-0.05, 0) is 28.1 Å². The maximum absolute atomic E-state index is 13.6. The Morgan fingerprint density at radius 3 is 3.00 bits per heavy atom. The van der Waals surface area contributed by atoms with Crippen LogP contribution >= 0.6 is 27.3 Å². The molecule has 0 spiro atoms. The fourth-order valence-corrected chi connectivity index (χ4v) is 2.02. The zero-order valence-corrected chi connectivity index (χ0v) is 10.3. The summed E-state index contributed by atoms with van der Waals surface area (Å²) in [6, 6.07) is 4.56. The fourth-order valence-electron chi connectivity index (χ4n) is 1.13. The van der Waals surface area contributed by atoms with Crippen LogP contribution in [0.1, 0.15) is 10.4 Å². The highest BCUT2D eigenvalue weighted by Gasteiger charge is 2.14. The molecule has 1 aromatic carbocycles. The van der Waals surface area contributed by atoms with E-state index in [0.717, 1.165) is 0 Å². The zero-order valence-electron chi connectivity index (χ0n) is 7.91. The molecule has 2 rings (SSSR count). The van der Waals surface area contributed by atoms with Crippen molar-refractivity contribution in [1.29, 1.82) is 0 Å². The molecule has 0 unspecified atom stereocenters.